The molecular formula is C10H18N2O2S. The second-order valence-corrected chi connectivity index (χ2v) is 5.12. The van der Waals surface area contributed by atoms with Gasteiger partial charge in [-0.15, -0.1) is 0 Å². The maximum atomic E-state index is 11.7. The fourth-order valence-corrected chi connectivity index (χ4v) is 2.09. The fourth-order valence-electron chi connectivity index (χ4n) is 1.67. The summed E-state index contributed by atoms with van der Waals surface area (Å²) in [5.74, 6) is 0.966. The summed E-state index contributed by atoms with van der Waals surface area (Å²) >= 11 is 1.75. The van der Waals surface area contributed by atoms with E-state index in [0.717, 1.165) is 12.2 Å². The lowest BCUT2D eigenvalue weighted by atomic mass is 9.98. The van der Waals surface area contributed by atoms with Crippen molar-refractivity contribution < 1.29 is 9.59 Å². The molecule has 0 spiro atoms. The molecule has 86 valence electrons. The van der Waals surface area contributed by atoms with Gasteiger partial charge in [-0.25, -0.2) is 0 Å². The highest BCUT2D eigenvalue weighted by Gasteiger charge is 2.40. The van der Waals surface area contributed by atoms with Crippen molar-refractivity contribution in [3.63, 3.8) is 0 Å². The monoisotopic (exact) mass is 230 g/mol. The van der Waals surface area contributed by atoms with Crippen LogP contribution in [0.4, 0.5) is 0 Å². The van der Waals surface area contributed by atoms with Gasteiger partial charge in [0.15, 0.2) is 0 Å². The molecule has 0 atom stereocenters. The van der Waals surface area contributed by atoms with Crippen LogP contribution in [0, 0.1) is 0 Å². The minimum Gasteiger partial charge on any atom is -0.345 e. The zero-order valence-corrected chi connectivity index (χ0v) is 10.3. The SMILES string of the molecule is CSCCCN1C(=O)CNC(=O)C1(C)C. The molecule has 0 unspecified atom stereocenters. The first-order valence-electron chi connectivity index (χ1n) is 5.08. The van der Waals surface area contributed by atoms with Gasteiger partial charge in [-0.3, -0.25) is 9.59 Å². The number of nitrogens with zero attached hydrogens (tertiary/aromatic N) is 1. The number of piperazine rings is 1. The van der Waals surface area contributed by atoms with Gasteiger partial charge in [-0.05, 0) is 32.3 Å². The van der Waals surface area contributed by atoms with Gasteiger partial charge in [-0.1, -0.05) is 0 Å². The molecule has 1 fully saturated rings. The lowest BCUT2D eigenvalue weighted by Crippen LogP contribution is -2.64. The van der Waals surface area contributed by atoms with Crippen LogP contribution < -0.4 is 5.32 Å². The van der Waals surface area contributed by atoms with Crippen LogP contribution in [0.2, 0.25) is 0 Å². The molecule has 1 N–H and O–H groups in total. The topological polar surface area (TPSA) is 49.4 Å². The number of hydrogen-bond donors (Lipinski definition) is 1. The minimum absolute atomic E-state index is 0.0145. The summed E-state index contributed by atoms with van der Waals surface area (Å²) in [5, 5.41) is 2.61. The van der Waals surface area contributed by atoms with E-state index >= 15 is 0 Å². The molecule has 5 heteroatoms. The van der Waals surface area contributed by atoms with E-state index in [9.17, 15) is 9.59 Å². The molecule has 0 aromatic heterocycles. The van der Waals surface area contributed by atoms with Crippen molar-refractivity contribution in [1.29, 1.82) is 0 Å². The first kappa shape index (κ1) is 12.4. The number of amides is 2. The summed E-state index contributed by atoms with van der Waals surface area (Å²) in [6.07, 6.45) is 2.97. The summed E-state index contributed by atoms with van der Waals surface area (Å²) in [7, 11) is 0. The Bertz CT molecular complexity index is 266. The minimum atomic E-state index is -0.701. The standard InChI is InChI=1S/C10H18N2O2S/c1-10(2)9(14)11-7-8(13)12(10)5-4-6-15-3/h4-7H2,1-3H3,(H,11,14). The Morgan fingerprint density at radius 3 is 2.73 bits per heavy atom. The first-order valence-corrected chi connectivity index (χ1v) is 6.47. The zero-order valence-electron chi connectivity index (χ0n) is 9.50. The van der Waals surface area contributed by atoms with Crippen molar-refractivity contribution in [3.8, 4) is 0 Å². The summed E-state index contributed by atoms with van der Waals surface area (Å²) in [6.45, 7) is 4.39. The predicted octanol–water partition coefficient (Wildman–Crippen LogP) is 0.476. The van der Waals surface area contributed by atoms with Crippen molar-refractivity contribution in [3.05, 3.63) is 0 Å². The summed E-state index contributed by atoms with van der Waals surface area (Å²) in [5.41, 5.74) is -0.701. The molecule has 1 heterocycles. The van der Waals surface area contributed by atoms with Crippen LogP contribution in [0.1, 0.15) is 20.3 Å². The first-order chi connectivity index (χ1) is 7.00. The maximum Gasteiger partial charge on any atom is 0.245 e. The van der Waals surface area contributed by atoms with Crippen molar-refractivity contribution in [2.75, 3.05) is 25.1 Å². The number of carbonyl (C=O) groups excluding carboxylic acids is 2. The molecule has 1 aliphatic heterocycles. The number of hydrogen-bond acceptors (Lipinski definition) is 3. The van der Waals surface area contributed by atoms with E-state index in [2.05, 4.69) is 5.32 Å². The Morgan fingerprint density at radius 2 is 2.13 bits per heavy atom. The van der Waals surface area contributed by atoms with Crippen molar-refractivity contribution in [1.82, 2.24) is 10.2 Å². The molecule has 0 aromatic rings. The Balaban J connectivity index is 2.64. The summed E-state index contributed by atoms with van der Waals surface area (Å²) in [6, 6.07) is 0. The van der Waals surface area contributed by atoms with Gasteiger partial charge < -0.3 is 10.2 Å². The van der Waals surface area contributed by atoms with Gasteiger partial charge in [0.05, 0.1) is 6.54 Å². The lowest BCUT2D eigenvalue weighted by molar-refractivity contribution is -0.151. The third-order valence-electron chi connectivity index (χ3n) is 2.66. The molecule has 1 rings (SSSR count). The number of nitrogens with one attached hydrogen (secondary N) is 1. The predicted molar refractivity (Wildman–Crippen MR) is 61.8 cm³/mol. The van der Waals surface area contributed by atoms with Crippen molar-refractivity contribution in [2.45, 2.75) is 25.8 Å². The second-order valence-electron chi connectivity index (χ2n) is 4.13. The number of carbonyl (C=O) groups is 2. The largest absolute Gasteiger partial charge is 0.345 e. The van der Waals surface area contributed by atoms with E-state index < -0.39 is 5.54 Å². The van der Waals surface area contributed by atoms with Crippen LogP contribution in [0.25, 0.3) is 0 Å². The highest BCUT2D eigenvalue weighted by atomic mass is 32.2. The van der Waals surface area contributed by atoms with Gasteiger partial charge >= 0.3 is 0 Å². The normalized spacial score (nSPS) is 20.3. The highest BCUT2D eigenvalue weighted by molar-refractivity contribution is 7.98. The molecule has 0 bridgehead atoms. The Morgan fingerprint density at radius 1 is 1.47 bits per heavy atom. The van der Waals surface area contributed by atoms with E-state index in [4.69, 9.17) is 0 Å². The average molecular weight is 230 g/mol. The smallest absolute Gasteiger partial charge is 0.245 e. The van der Waals surface area contributed by atoms with Gasteiger partial charge in [0.2, 0.25) is 11.8 Å². The van der Waals surface area contributed by atoms with E-state index in [0.29, 0.717) is 6.54 Å². The molecule has 15 heavy (non-hydrogen) atoms. The van der Waals surface area contributed by atoms with Crippen molar-refractivity contribution in [2.24, 2.45) is 0 Å². The second kappa shape index (κ2) is 4.88. The molecule has 0 aromatic carbocycles. The third-order valence-corrected chi connectivity index (χ3v) is 3.36. The average Bonchev–Trinajstić information content (AvgIpc) is 2.18. The van der Waals surface area contributed by atoms with E-state index in [1.807, 2.05) is 6.26 Å². The van der Waals surface area contributed by atoms with Gasteiger partial charge in [0, 0.05) is 6.54 Å². The Labute approximate surface area is 94.8 Å². The summed E-state index contributed by atoms with van der Waals surface area (Å²) in [4.78, 5) is 24.9. The molecule has 4 nitrogen and oxygen atoms in total. The molecule has 0 radical (unpaired) electrons. The van der Waals surface area contributed by atoms with Gasteiger partial charge in [0.25, 0.3) is 0 Å². The molecule has 2 amide bonds. The zero-order chi connectivity index (χ0) is 11.5. The molecule has 1 saturated heterocycles. The van der Waals surface area contributed by atoms with E-state index in [1.54, 1.807) is 30.5 Å². The van der Waals surface area contributed by atoms with Crippen LogP contribution in [-0.2, 0) is 9.59 Å². The third kappa shape index (κ3) is 2.65. The van der Waals surface area contributed by atoms with Gasteiger partial charge in [-0.2, -0.15) is 11.8 Å². The number of thioether (sulfide) groups is 1. The quantitative estimate of drug-likeness (QED) is 0.715. The van der Waals surface area contributed by atoms with Crippen LogP contribution in [-0.4, -0.2) is 47.4 Å². The van der Waals surface area contributed by atoms with Crippen LogP contribution in [0.5, 0.6) is 0 Å². The van der Waals surface area contributed by atoms with Crippen LogP contribution in [0.15, 0.2) is 0 Å². The Kier molecular flexibility index (Phi) is 4.02. The van der Waals surface area contributed by atoms with E-state index in [-0.39, 0.29) is 18.4 Å². The summed E-state index contributed by atoms with van der Waals surface area (Å²) < 4.78 is 0. The fraction of sp³-hybridized carbons (Fsp3) is 0.800. The number of rotatable bonds is 4. The Hall–Kier alpha value is -0.710. The molecule has 1 aliphatic rings. The van der Waals surface area contributed by atoms with Crippen molar-refractivity contribution >= 4 is 23.6 Å². The maximum absolute atomic E-state index is 11.7. The highest BCUT2D eigenvalue weighted by Crippen LogP contribution is 2.18. The molecule has 0 aliphatic carbocycles. The van der Waals surface area contributed by atoms with Crippen LogP contribution >= 0.6 is 11.8 Å². The molecule has 0 saturated carbocycles. The van der Waals surface area contributed by atoms with Crippen LogP contribution in [0.3, 0.4) is 0 Å². The molecular weight excluding hydrogens is 212 g/mol. The lowest BCUT2D eigenvalue weighted by Gasteiger charge is -2.41. The van der Waals surface area contributed by atoms with E-state index in [1.165, 1.54) is 0 Å². The van der Waals surface area contributed by atoms with Gasteiger partial charge in [0.1, 0.15) is 5.54 Å².